The molecule has 3 aromatic rings. The molecule has 8 heteroatoms. The van der Waals surface area contributed by atoms with Crippen molar-refractivity contribution in [2.24, 2.45) is 0 Å². The number of methoxy groups -OCH3 is 2. The van der Waals surface area contributed by atoms with Crippen molar-refractivity contribution in [3.8, 4) is 17.2 Å². The van der Waals surface area contributed by atoms with E-state index >= 15 is 0 Å². The molecule has 3 rings (SSSR count). The van der Waals surface area contributed by atoms with Crippen LogP contribution in [0.15, 0.2) is 47.8 Å². The first-order valence-electron chi connectivity index (χ1n) is 7.95. The highest BCUT2D eigenvalue weighted by atomic mass is 35.5. The Morgan fingerprint density at radius 3 is 2.56 bits per heavy atom. The van der Waals surface area contributed by atoms with Crippen LogP contribution in [0.25, 0.3) is 0 Å². The number of hydrogen-bond acceptors (Lipinski definition) is 6. The molecule has 140 valence electrons. The Morgan fingerprint density at radius 2 is 1.85 bits per heavy atom. The topological polar surface area (TPSA) is 69.7 Å². The first kappa shape index (κ1) is 19.0. The van der Waals surface area contributed by atoms with E-state index < -0.39 is 0 Å². The first-order chi connectivity index (χ1) is 13.1. The molecule has 0 bridgehead atoms. The molecule has 0 fully saturated rings. The van der Waals surface area contributed by atoms with Gasteiger partial charge in [-0.3, -0.25) is 4.79 Å². The lowest BCUT2D eigenvalue weighted by molar-refractivity contribution is 0.102. The third-order valence-electron chi connectivity index (χ3n) is 3.62. The number of rotatable bonds is 7. The van der Waals surface area contributed by atoms with E-state index in [4.69, 9.17) is 25.8 Å². The third-order valence-corrected chi connectivity index (χ3v) is 4.69. The number of nitrogens with zero attached hydrogens (tertiary/aromatic N) is 1. The summed E-state index contributed by atoms with van der Waals surface area (Å²) in [7, 11) is 3.09. The highest BCUT2D eigenvalue weighted by Gasteiger charge is 2.14. The molecule has 1 heterocycles. The predicted octanol–water partition coefficient (Wildman–Crippen LogP) is 4.65. The van der Waals surface area contributed by atoms with E-state index in [1.54, 1.807) is 55.0 Å². The largest absolute Gasteiger partial charge is 0.497 e. The van der Waals surface area contributed by atoms with Crippen LogP contribution in [0, 0.1) is 0 Å². The lowest BCUT2D eigenvalue weighted by atomic mass is 10.2. The summed E-state index contributed by atoms with van der Waals surface area (Å²) < 4.78 is 16.1. The fourth-order valence-corrected chi connectivity index (χ4v) is 3.06. The van der Waals surface area contributed by atoms with E-state index in [2.05, 4.69) is 10.3 Å². The maximum Gasteiger partial charge on any atom is 0.275 e. The summed E-state index contributed by atoms with van der Waals surface area (Å²) in [5, 5.41) is 5.81. The van der Waals surface area contributed by atoms with Crippen LogP contribution in [0.4, 0.5) is 5.69 Å². The monoisotopic (exact) mass is 404 g/mol. The van der Waals surface area contributed by atoms with Crippen LogP contribution < -0.4 is 19.5 Å². The molecule has 0 aliphatic rings. The smallest absolute Gasteiger partial charge is 0.275 e. The van der Waals surface area contributed by atoms with Gasteiger partial charge in [-0.1, -0.05) is 11.6 Å². The molecule has 0 atom stereocenters. The summed E-state index contributed by atoms with van der Waals surface area (Å²) in [6, 6.07) is 12.2. The van der Waals surface area contributed by atoms with Crippen molar-refractivity contribution >= 4 is 34.5 Å². The van der Waals surface area contributed by atoms with Crippen LogP contribution in [-0.4, -0.2) is 25.1 Å². The number of benzene rings is 2. The predicted molar refractivity (Wildman–Crippen MR) is 105 cm³/mol. The SMILES string of the molecule is COc1ccc(NC(=O)c2csc(COc3ccc(Cl)cc3)n2)c(OC)c1. The maximum atomic E-state index is 12.5. The van der Waals surface area contributed by atoms with Gasteiger partial charge in [0.25, 0.3) is 5.91 Å². The molecular formula is C19H17ClN2O4S. The number of nitrogens with one attached hydrogen (secondary N) is 1. The quantitative estimate of drug-likeness (QED) is 0.621. The lowest BCUT2D eigenvalue weighted by Gasteiger charge is -2.10. The van der Waals surface area contributed by atoms with E-state index in [9.17, 15) is 4.79 Å². The number of thiazole rings is 1. The number of amides is 1. The molecule has 1 N–H and O–H groups in total. The normalized spacial score (nSPS) is 10.3. The molecule has 0 aliphatic carbocycles. The van der Waals surface area contributed by atoms with E-state index in [1.807, 2.05) is 0 Å². The minimum absolute atomic E-state index is 0.269. The van der Waals surface area contributed by atoms with Crippen molar-refractivity contribution in [3.05, 3.63) is 63.6 Å². The van der Waals surface area contributed by atoms with Gasteiger partial charge in [0.05, 0.1) is 19.9 Å². The van der Waals surface area contributed by atoms with Crippen molar-refractivity contribution in [1.29, 1.82) is 0 Å². The first-order valence-corrected chi connectivity index (χ1v) is 9.21. The maximum absolute atomic E-state index is 12.5. The Balaban J connectivity index is 1.63. The zero-order valence-electron chi connectivity index (χ0n) is 14.7. The third kappa shape index (κ3) is 4.90. The van der Waals surface area contributed by atoms with Gasteiger partial charge in [0.1, 0.15) is 34.6 Å². The van der Waals surface area contributed by atoms with Gasteiger partial charge in [-0.05, 0) is 36.4 Å². The van der Waals surface area contributed by atoms with Crippen LogP contribution in [0.5, 0.6) is 17.2 Å². The van der Waals surface area contributed by atoms with Crippen molar-refractivity contribution in [2.45, 2.75) is 6.61 Å². The summed E-state index contributed by atoms with van der Waals surface area (Å²) in [5.41, 5.74) is 0.850. The average Bonchev–Trinajstić information content (AvgIpc) is 3.17. The summed E-state index contributed by atoms with van der Waals surface area (Å²) >= 11 is 7.20. The van der Waals surface area contributed by atoms with Gasteiger partial charge in [-0.25, -0.2) is 4.98 Å². The molecular weight excluding hydrogens is 388 g/mol. The molecule has 0 spiro atoms. The standard InChI is InChI=1S/C19H17ClN2O4S/c1-24-14-7-8-15(17(9-14)25-2)22-19(23)16-11-27-18(21-16)10-26-13-5-3-12(20)4-6-13/h3-9,11H,10H2,1-2H3,(H,22,23). The number of hydrogen-bond donors (Lipinski definition) is 1. The van der Waals surface area contributed by atoms with Crippen LogP contribution in [0.1, 0.15) is 15.5 Å². The van der Waals surface area contributed by atoms with Crippen molar-refractivity contribution in [1.82, 2.24) is 4.98 Å². The van der Waals surface area contributed by atoms with Crippen molar-refractivity contribution < 1.29 is 19.0 Å². The van der Waals surface area contributed by atoms with Gasteiger partial charge in [0.2, 0.25) is 0 Å². The van der Waals surface area contributed by atoms with E-state index in [0.717, 1.165) is 0 Å². The van der Waals surface area contributed by atoms with Crippen LogP contribution >= 0.6 is 22.9 Å². The van der Waals surface area contributed by atoms with E-state index in [1.165, 1.54) is 18.4 Å². The average molecular weight is 405 g/mol. The van der Waals surface area contributed by atoms with Crippen LogP contribution in [0.2, 0.25) is 5.02 Å². The zero-order valence-corrected chi connectivity index (χ0v) is 16.3. The number of carbonyl (C=O) groups is 1. The Kier molecular flexibility index (Phi) is 6.16. The minimum Gasteiger partial charge on any atom is -0.497 e. The molecule has 0 saturated heterocycles. The van der Waals surface area contributed by atoms with Gasteiger partial charge in [-0.15, -0.1) is 11.3 Å². The molecule has 0 unspecified atom stereocenters. The van der Waals surface area contributed by atoms with Gasteiger partial charge >= 0.3 is 0 Å². The molecule has 27 heavy (non-hydrogen) atoms. The second-order valence-electron chi connectivity index (χ2n) is 5.39. The summed E-state index contributed by atoms with van der Waals surface area (Å²) in [4.78, 5) is 16.8. The molecule has 0 radical (unpaired) electrons. The Hall–Kier alpha value is -2.77. The molecule has 0 aliphatic heterocycles. The van der Waals surface area contributed by atoms with Crippen LogP contribution in [0.3, 0.4) is 0 Å². The number of anilines is 1. The summed E-state index contributed by atoms with van der Waals surface area (Å²) in [6.45, 7) is 0.269. The highest BCUT2D eigenvalue weighted by molar-refractivity contribution is 7.09. The van der Waals surface area contributed by atoms with Gasteiger partial charge in [-0.2, -0.15) is 0 Å². The lowest BCUT2D eigenvalue weighted by Crippen LogP contribution is -2.13. The van der Waals surface area contributed by atoms with Crippen molar-refractivity contribution in [3.63, 3.8) is 0 Å². The second kappa shape index (κ2) is 8.75. The second-order valence-corrected chi connectivity index (χ2v) is 6.77. The minimum atomic E-state index is -0.326. The number of aromatic nitrogens is 1. The summed E-state index contributed by atoms with van der Waals surface area (Å²) in [5.74, 6) is 1.50. The Labute approximate surface area is 165 Å². The van der Waals surface area contributed by atoms with E-state index in [0.29, 0.717) is 38.7 Å². The molecule has 1 aromatic heterocycles. The van der Waals surface area contributed by atoms with Gasteiger partial charge < -0.3 is 19.5 Å². The highest BCUT2D eigenvalue weighted by Crippen LogP contribution is 2.29. The zero-order chi connectivity index (χ0) is 19.2. The molecule has 1 amide bonds. The fourth-order valence-electron chi connectivity index (χ4n) is 2.25. The number of halogens is 1. The molecule has 0 saturated carbocycles. The number of carbonyl (C=O) groups excluding carboxylic acids is 1. The number of ether oxygens (including phenoxy) is 3. The summed E-state index contributed by atoms with van der Waals surface area (Å²) in [6.07, 6.45) is 0. The Bertz CT molecular complexity index is 928. The molecule has 2 aromatic carbocycles. The van der Waals surface area contributed by atoms with Gasteiger partial charge in [0.15, 0.2) is 0 Å². The fraction of sp³-hybridized carbons (Fsp3) is 0.158. The van der Waals surface area contributed by atoms with Crippen molar-refractivity contribution in [2.75, 3.05) is 19.5 Å². The van der Waals surface area contributed by atoms with E-state index in [-0.39, 0.29) is 12.5 Å². The van der Waals surface area contributed by atoms with Crippen LogP contribution in [-0.2, 0) is 6.61 Å². The Morgan fingerprint density at radius 1 is 1.11 bits per heavy atom. The van der Waals surface area contributed by atoms with Gasteiger partial charge in [0, 0.05) is 16.5 Å². The molecule has 6 nitrogen and oxygen atoms in total.